The van der Waals surface area contributed by atoms with Gasteiger partial charge >= 0.3 is 0 Å². The average Bonchev–Trinajstić information content (AvgIpc) is 3.21. The van der Waals surface area contributed by atoms with Gasteiger partial charge in [-0.2, -0.15) is 0 Å². The first-order valence-corrected chi connectivity index (χ1v) is 8.92. The van der Waals surface area contributed by atoms with E-state index in [0.717, 1.165) is 55.0 Å². The van der Waals surface area contributed by atoms with Gasteiger partial charge < -0.3 is 10.1 Å². The van der Waals surface area contributed by atoms with E-state index in [1.807, 2.05) is 29.1 Å². The second kappa shape index (κ2) is 6.93. The van der Waals surface area contributed by atoms with E-state index in [1.165, 1.54) is 0 Å². The van der Waals surface area contributed by atoms with Gasteiger partial charge in [-0.25, -0.2) is 9.67 Å². The average molecular weight is 340 g/mol. The van der Waals surface area contributed by atoms with Crippen LogP contribution in [0, 0.1) is 0 Å². The standard InChI is InChI=1S/C18H24N6O/c1-13(25)10-14-11-24(22-21-14)15-6-8-23(9-7-15)12-18-19-16-4-2-3-5-17(16)20-18/h2-5,11,13,15,25H,6-10,12H2,1H3,(H,19,20)/t13-/m1/s1. The monoisotopic (exact) mass is 340 g/mol. The predicted molar refractivity (Wildman–Crippen MR) is 95.0 cm³/mol. The lowest BCUT2D eigenvalue weighted by Gasteiger charge is -2.31. The number of nitrogens with zero attached hydrogens (tertiary/aromatic N) is 5. The number of aromatic amines is 1. The molecule has 0 unspecified atom stereocenters. The molecule has 132 valence electrons. The van der Waals surface area contributed by atoms with Crippen molar-refractivity contribution in [3.63, 3.8) is 0 Å². The molecule has 1 aromatic carbocycles. The van der Waals surface area contributed by atoms with E-state index in [0.29, 0.717) is 12.5 Å². The van der Waals surface area contributed by atoms with Crippen molar-refractivity contribution in [3.05, 3.63) is 42.0 Å². The molecular weight excluding hydrogens is 316 g/mol. The number of imidazole rings is 1. The van der Waals surface area contributed by atoms with Gasteiger partial charge in [-0.1, -0.05) is 17.3 Å². The van der Waals surface area contributed by atoms with Crippen molar-refractivity contribution in [2.75, 3.05) is 13.1 Å². The SMILES string of the molecule is C[C@@H](O)Cc1cn(C2CCN(Cc3nc4ccccc4[nH]3)CC2)nn1. The van der Waals surface area contributed by atoms with Gasteiger partial charge in [0.05, 0.1) is 35.4 Å². The Morgan fingerprint density at radius 2 is 2.08 bits per heavy atom. The van der Waals surface area contributed by atoms with Gasteiger partial charge in [0.2, 0.25) is 0 Å². The Hall–Kier alpha value is -2.25. The summed E-state index contributed by atoms with van der Waals surface area (Å²) >= 11 is 0. The van der Waals surface area contributed by atoms with Crippen LogP contribution >= 0.6 is 0 Å². The summed E-state index contributed by atoms with van der Waals surface area (Å²) in [6.45, 7) is 4.67. The normalized spacial score (nSPS) is 18.0. The molecule has 7 nitrogen and oxygen atoms in total. The fourth-order valence-corrected chi connectivity index (χ4v) is 3.52. The van der Waals surface area contributed by atoms with Crippen LogP contribution in [0.4, 0.5) is 0 Å². The Morgan fingerprint density at radius 1 is 1.28 bits per heavy atom. The summed E-state index contributed by atoms with van der Waals surface area (Å²) in [7, 11) is 0. The van der Waals surface area contributed by atoms with Crippen LogP contribution in [-0.2, 0) is 13.0 Å². The summed E-state index contributed by atoms with van der Waals surface area (Å²) in [4.78, 5) is 10.5. The van der Waals surface area contributed by atoms with Gasteiger partial charge in [0.1, 0.15) is 5.82 Å². The van der Waals surface area contributed by atoms with Gasteiger partial charge in [0.25, 0.3) is 0 Å². The molecule has 1 aliphatic heterocycles. The second-order valence-electron chi connectivity index (χ2n) is 6.95. The van der Waals surface area contributed by atoms with E-state index in [2.05, 4.69) is 31.2 Å². The smallest absolute Gasteiger partial charge is 0.121 e. The largest absolute Gasteiger partial charge is 0.393 e. The Bertz CT molecular complexity index is 798. The Labute approximate surface area is 146 Å². The molecule has 0 aliphatic carbocycles. The van der Waals surface area contributed by atoms with Crippen LogP contribution < -0.4 is 0 Å². The Kier molecular flexibility index (Phi) is 4.50. The lowest BCUT2D eigenvalue weighted by Crippen LogP contribution is -2.34. The highest BCUT2D eigenvalue weighted by molar-refractivity contribution is 5.74. The van der Waals surface area contributed by atoms with Crippen LogP contribution in [0.1, 0.15) is 37.3 Å². The fraction of sp³-hybridized carbons (Fsp3) is 0.500. The molecule has 4 rings (SSSR count). The number of H-pyrrole nitrogens is 1. The van der Waals surface area contributed by atoms with Crippen LogP contribution in [0.15, 0.2) is 30.5 Å². The Balaban J connectivity index is 1.34. The van der Waals surface area contributed by atoms with Crippen molar-refractivity contribution in [2.45, 2.75) is 44.9 Å². The molecule has 25 heavy (non-hydrogen) atoms. The van der Waals surface area contributed by atoms with E-state index in [4.69, 9.17) is 0 Å². The molecule has 3 aromatic rings. The van der Waals surface area contributed by atoms with Gasteiger partial charge in [-0.3, -0.25) is 4.90 Å². The van der Waals surface area contributed by atoms with Crippen molar-refractivity contribution >= 4 is 11.0 Å². The van der Waals surface area contributed by atoms with Gasteiger partial charge in [0, 0.05) is 25.7 Å². The zero-order valence-electron chi connectivity index (χ0n) is 14.5. The summed E-state index contributed by atoms with van der Waals surface area (Å²) in [5.74, 6) is 1.03. The van der Waals surface area contributed by atoms with Crippen LogP contribution in [0.2, 0.25) is 0 Å². The van der Waals surface area contributed by atoms with Gasteiger partial charge in [-0.15, -0.1) is 5.10 Å². The number of benzene rings is 1. The van der Waals surface area contributed by atoms with E-state index < -0.39 is 0 Å². The van der Waals surface area contributed by atoms with E-state index in [-0.39, 0.29) is 6.10 Å². The van der Waals surface area contributed by atoms with E-state index in [9.17, 15) is 5.11 Å². The molecule has 0 spiro atoms. The lowest BCUT2D eigenvalue weighted by atomic mass is 10.1. The van der Waals surface area contributed by atoms with E-state index in [1.54, 1.807) is 6.92 Å². The van der Waals surface area contributed by atoms with Crippen molar-refractivity contribution in [1.29, 1.82) is 0 Å². The molecule has 0 radical (unpaired) electrons. The fourth-order valence-electron chi connectivity index (χ4n) is 3.52. The predicted octanol–water partition coefficient (Wildman–Crippen LogP) is 1.91. The second-order valence-corrected chi connectivity index (χ2v) is 6.95. The number of hydrogen-bond donors (Lipinski definition) is 2. The van der Waals surface area contributed by atoms with Crippen LogP contribution in [0.5, 0.6) is 0 Å². The van der Waals surface area contributed by atoms with Crippen LogP contribution in [0.3, 0.4) is 0 Å². The third kappa shape index (κ3) is 3.72. The first kappa shape index (κ1) is 16.2. The molecule has 0 amide bonds. The molecule has 1 fully saturated rings. The number of rotatable bonds is 5. The van der Waals surface area contributed by atoms with Crippen molar-refractivity contribution < 1.29 is 5.11 Å². The zero-order valence-corrected chi connectivity index (χ0v) is 14.5. The highest BCUT2D eigenvalue weighted by atomic mass is 16.3. The number of aliphatic hydroxyl groups excluding tert-OH is 1. The van der Waals surface area contributed by atoms with Crippen LogP contribution in [-0.4, -0.2) is 54.2 Å². The molecule has 1 saturated heterocycles. The molecule has 2 aromatic heterocycles. The summed E-state index contributed by atoms with van der Waals surface area (Å²) in [6.07, 6.45) is 4.27. The maximum absolute atomic E-state index is 9.46. The maximum atomic E-state index is 9.46. The van der Waals surface area contributed by atoms with Crippen LogP contribution in [0.25, 0.3) is 11.0 Å². The third-order valence-electron chi connectivity index (χ3n) is 4.81. The first-order chi connectivity index (χ1) is 12.2. The first-order valence-electron chi connectivity index (χ1n) is 8.92. The van der Waals surface area contributed by atoms with Gasteiger partial charge in [-0.05, 0) is 31.9 Å². The molecule has 1 aliphatic rings. The van der Waals surface area contributed by atoms with E-state index >= 15 is 0 Å². The number of hydrogen-bond acceptors (Lipinski definition) is 5. The molecule has 2 N–H and O–H groups in total. The van der Waals surface area contributed by atoms with Crippen molar-refractivity contribution in [2.24, 2.45) is 0 Å². The number of piperidine rings is 1. The minimum atomic E-state index is -0.379. The third-order valence-corrected chi connectivity index (χ3v) is 4.81. The number of para-hydroxylation sites is 2. The summed E-state index contributed by atoms with van der Waals surface area (Å²) in [5.41, 5.74) is 2.99. The minimum absolute atomic E-state index is 0.379. The minimum Gasteiger partial charge on any atom is -0.393 e. The highest BCUT2D eigenvalue weighted by Gasteiger charge is 2.22. The van der Waals surface area contributed by atoms with Gasteiger partial charge in [0.15, 0.2) is 0 Å². The number of fused-ring (bicyclic) bond motifs is 1. The lowest BCUT2D eigenvalue weighted by molar-refractivity contribution is 0.169. The molecule has 0 bridgehead atoms. The molecule has 1 atom stereocenters. The van der Waals surface area contributed by atoms with Crippen molar-refractivity contribution in [1.82, 2.24) is 29.9 Å². The quantitative estimate of drug-likeness (QED) is 0.741. The number of likely N-dealkylation sites (tertiary alicyclic amines) is 1. The topological polar surface area (TPSA) is 82.9 Å². The molecule has 7 heteroatoms. The summed E-state index contributed by atoms with van der Waals surface area (Å²) in [6, 6.07) is 8.54. The number of nitrogens with one attached hydrogen (secondary N) is 1. The Morgan fingerprint density at radius 3 is 2.84 bits per heavy atom. The maximum Gasteiger partial charge on any atom is 0.121 e. The van der Waals surface area contributed by atoms with Crippen molar-refractivity contribution in [3.8, 4) is 0 Å². The summed E-state index contributed by atoms with van der Waals surface area (Å²) in [5, 5.41) is 17.9. The molecule has 3 heterocycles. The molecule has 0 saturated carbocycles. The molecular formula is C18H24N6O. The zero-order chi connectivity index (χ0) is 17.2. The number of aliphatic hydroxyl groups is 1. The number of aromatic nitrogens is 5. The summed E-state index contributed by atoms with van der Waals surface area (Å²) < 4.78 is 1.97. The highest BCUT2D eigenvalue weighted by Crippen LogP contribution is 2.23.